The molecule has 2 N–H and O–H groups in total. The van der Waals surface area contributed by atoms with Crippen molar-refractivity contribution in [1.82, 2.24) is 10.0 Å². The second-order valence-electron chi connectivity index (χ2n) is 6.90. The molecule has 0 spiro atoms. The van der Waals surface area contributed by atoms with Crippen molar-refractivity contribution in [2.75, 3.05) is 13.7 Å². The van der Waals surface area contributed by atoms with Gasteiger partial charge in [-0.2, -0.15) is 0 Å². The Morgan fingerprint density at radius 2 is 1.60 bits per heavy atom. The SMILES string of the molecule is CCc1ccc(C(C)NC(=O)COC(=O)CCc2ccc(S(=O)(=O)NC)cc2)cc1. The molecule has 1 atom stereocenters. The Kier molecular flexibility index (Phi) is 8.56. The highest BCUT2D eigenvalue weighted by Gasteiger charge is 2.13. The summed E-state index contributed by atoms with van der Waals surface area (Å²) >= 11 is 0. The number of aryl methyl sites for hydroxylation is 2. The molecular weight excluding hydrogens is 404 g/mol. The van der Waals surface area contributed by atoms with Gasteiger partial charge in [0.1, 0.15) is 0 Å². The van der Waals surface area contributed by atoms with E-state index in [2.05, 4.69) is 17.0 Å². The van der Waals surface area contributed by atoms with E-state index in [0.717, 1.165) is 17.5 Å². The first-order chi connectivity index (χ1) is 14.2. The molecule has 0 bridgehead atoms. The molecule has 0 aliphatic carbocycles. The molecule has 162 valence electrons. The lowest BCUT2D eigenvalue weighted by molar-refractivity contribution is -0.148. The maximum atomic E-state index is 12.0. The molecule has 0 fully saturated rings. The summed E-state index contributed by atoms with van der Waals surface area (Å²) in [5.41, 5.74) is 3.01. The van der Waals surface area contributed by atoms with Gasteiger partial charge in [-0.05, 0) is 55.6 Å². The van der Waals surface area contributed by atoms with Crippen LogP contribution in [-0.2, 0) is 37.2 Å². The van der Waals surface area contributed by atoms with Crippen LogP contribution in [0.15, 0.2) is 53.4 Å². The summed E-state index contributed by atoms with van der Waals surface area (Å²) in [7, 11) is -2.14. The molecule has 0 saturated heterocycles. The summed E-state index contributed by atoms with van der Waals surface area (Å²) in [5.74, 6) is -0.853. The zero-order valence-electron chi connectivity index (χ0n) is 17.5. The van der Waals surface area contributed by atoms with E-state index in [9.17, 15) is 18.0 Å². The van der Waals surface area contributed by atoms with Gasteiger partial charge in [-0.1, -0.05) is 43.3 Å². The number of sulfonamides is 1. The first kappa shape index (κ1) is 23.6. The molecule has 2 aromatic rings. The van der Waals surface area contributed by atoms with Gasteiger partial charge in [-0.15, -0.1) is 0 Å². The fraction of sp³-hybridized carbons (Fsp3) is 0.364. The molecule has 0 radical (unpaired) electrons. The van der Waals surface area contributed by atoms with Crippen LogP contribution in [0.3, 0.4) is 0 Å². The number of carbonyl (C=O) groups excluding carboxylic acids is 2. The summed E-state index contributed by atoms with van der Waals surface area (Å²) in [5, 5.41) is 2.81. The molecule has 0 aliphatic rings. The summed E-state index contributed by atoms with van der Waals surface area (Å²) < 4.78 is 30.7. The van der Waals surface area contributed by atoms with E-state index in [-0.39, 0.29) is 29.9 Å². The van der Waals surface area contributed by atoms with E-state index in [0.29, 0.717) is 6.42 Å². The zero-order chi connectivity index (χ0) is 22.1. The highest BCUT2D eigenvalue weighted by atomic mass is 32.2. The van der Waals surface area contributed by atoms with Crippen LogP contribution >= 0.6 is 0 Å². The lowest BCUT2D eigenvalue weighted by Gasteiger charge is -2.15. The molecule has 0 heterocycles. The molecule has 0 saturated carbocycles. The fourth-order valence-corrected chi connectivity index (χ4v) is 3.56. The van der Waals surface area contributed by atoms with Gasteiger partial charge < -0.3 is 10.1 Å². The fourth-order valence-electron chi connectivity index (χ4n) is 2.83. The third-order valence-corrected chi connectivity index (χ3v) is 6.18. The Balaban J connectivity index is 1.75. The van der Waals surface area contributed by atoms with Crippen LogP contribution in [0.25, 0.3) is 0 Å². The third kappa shape index (κ3) is 6.96. The molecule has 1 unspecified atom stereocenters. The molecule has 8 heteroatoms. The van der Waals surface area contributed by atoms with Crippen LogP contribution in [0.5, 0.6) is 0 Å². The van der Waals surface area contributed by atoms with Crippen LogP contribution in [0.2, 0.25) is 0 Å². The van der Waals surface area contributed by atoms with Gasteiger partial charge in [0.05, 0.1) is 10.9 Å². The maximum absolute atomic E-state index is 12.0. The number of hydrogen-bond acceptors (Lipinski definition) is 5. The van der Waals surface area contributed by atoms with E-state index >= 15 is 0 Å². The summed E-state index contributed by atoms with van der Waals surface area (Å²) in [6.45, 7) is 3.62. The largest absolute Gasteiger partial charge is 0.456 e. The van der Waals surface area contributed by atoms with Gasteiger partial charge in [-0.25, -0.2) is 13.1 Å². The smallest absolute Gasteiger partial charge is 0.306 e. The monoisotopic (exact) mass is 432 g/mol. The predicted octanol–water partition coefficient (Wildman–Crippen LogP) is 2.51. The first-order valence-electron chi connectivity index (χ1n) is 9.81. The lowest BCUT2D eigenvalue weighted by atomic mass is 10.1. The Hall–Kier alpha value is -2.71. The number of amides is 1. The quantitative estimate of drug-likeness (QED) is 0.562. The van der Waals surface area contributed by atoms with Gasteiger partial charge >= 0.3 is 5.97 Å². The minimum absolute atomic E-state index is 0.0967. The molecule has 2 aromatic carbocycles. The second-order valence-corrected chi connectivity index (χ2v) is 8.78. The summed E-state index contributed by atoms with van der Waals surface area (Å²) in [4.78, 5) is 24.1. The highest BCUT2D eigenvalue weighted by molar-refractivity contribution is 7.89. The number of hydrogen-bond donors (Lipinski definition) is 2. The topological polar surface area (TPSA) is 102 Å². The number of rotatable bonds is 10. The van der Waals surface area contributed by atoms with Crippen molar-refractivity contribution in [2.24, 2.45) is 0 Å². The van der Waals surface area contributed by atoms with Crippen molar-refractivity contribution in [3.05, 3.63) is 65.2 Å². The number of carbonyl (C=O) groups is 2. The minimum Gasteiger partial charge on any atom is -0.456 e. The Labute approximate surface area is 177 Å². The average Bonchev–Trinajstić information content (AvgIpc) is 2.76. The predicted molar refractivity (Wildman–Crippen MR) is 114 cm³/mol. The summed E-state index contributed by atoms with van der Waals surface area (Å²) in [6, 6.07) is 14.1. The Bertz CT molecular complexity index is 954. The maximum Gasteiger partial charge on any atom is 0.306 e. The first-order valence-corrected chi connectivity index (χ1v) is 11.3. The van der Waals surface area contributed by atoms with E-state index in [4.69, 9.17) is 4.74 Å². The van der Waals surface area contributed by atoms with Gasteiger partial charge in [0.15, 0.2) is 6.61 Å². The standard InChI is InChI=1S/C22H28N2O5S/c1-4-17-5-10-19(11-6-17)16(2)24-21(25)15-29-22(26)14-9-18-7-12-20(13-8-18)30(27,28)23-3/h5-8,10-13,16,23H,4,9,14-15H2,1-3H3,(H,24,25). The van der Waals surface area contributed by atoms with E-state index in [1.165, 1.54) is 24.7 Å². The zero-order valence-corrected chi connectivity index (χ0v) is 18.3. The number of nitrogens with one attached hydrogen (secondary N) is 2. The van der Waals surface area contributed by atoms with Gasteiger partial charge in [0, 0.05) is 6.42 Å². The molecule has 2 rings (SSSR count). The Morgan fingerprint density at radius 3 is 2.17 bits per heavy atom. The minimum atomic E-state index is -3.48. The van der Waals surface area contributed by atoms with E-state index < -0.39 is 16.0 Å². The van der Waals surface area contributed by atoms with Crippen LogP contribution in [0, 0.1) is 0 Å². The van der Waals surface area contributed by atoms with E-state index in [1.54, 1.807) is 12.1 Å². The van der Waals surface area contributed by atoms with Crippen molar-refractivity contribution in [2.45, 2.75) is 44.0 Å². The van der Waals surface area contributed by atoms with E-state index in [1.807, 2.05) is 31.2 Å². The molecule has 0 aliphatic heterocycles. The Morgan fingerprint density at radius 1 is 1.00 bits per heavy atom. The number of ether oxygens (including phenoxy) is 1. The van der Waals surface area contributed by atoms with Crippen LogP contribution in [-0.4, -0.2) is 33.9 Å². The van der Waals surface area contributed by atoms with Crippen LogP contribution in [0.4, 0.5) is 0 Å². The molecule has 1 amide bonds. The molecular formula is C22H28N2O5S. The van der Waals surface area contributed by atoms with Crippen LogP contribution < -0.4 is 10.0 Å². The van der Waals surface area contributed by atoms with Gasteiger partial charge in [0.2, 0.25) is 10.0 Å². The average molecular weight is 433 g/mol. The summed E-state index contributed by atoms with van der Waals surface area (Å²) in [6.07, 6.45) is 1.44. The van der Waals surface area contributed by atoms with Crippen molar-refractivity contribution in [1.29, 1.82) is 0 Å². The highest BCUT2D eigenvalue weighted by Crippen LogP contribution is 2.14. The molecule has 0 aromatic heterocycles. The van der Waals surface area contributed by atoms with Gasteiger partial charge in [0.25, 0.3) is 5.91 Å². The lowest BCUT2D eigenvalue weighted by Crippen LogP contribution is -2.31. The number of benzene rings is 2. The third-order valence-electron chi connectivity index (χ3n) is 4.75. The number of esters is 1. The van der Waals surface area contributed by atoms with Crippen molar-refractivity contribution in [3.63, 3.8) is 0 Å². The normalized spacial score (nSPS) is 12.2. The molecule has 7 nitrogen and oxygen atoms in total. The van der Waals surface area contributed by atoms with Gasteiger partial charge in [-0.3, -0.25) is 9.59 Å². The van der Waals surface area contributed by atoms with Crippen molar-refractivity contribution >= 4 is 21.9 Å². The second kappa shape index (κ2) is 10.9. The van der Waals surface area contributed by atoms with Crippen molar-refractivity contribution < 1.29 is 22.7 Å². The molecule has 30 heavy (non-hydrogen) atoms. The van der Waals surface area contributed by atoms with Crippen LogP contribution in [0.1, 0.15) is 43.0 Å². The van der Waals surface area contributed by atoms with Crippen molar-refractivity contribution in [3.8, 4) is 0 Å².